The summed E-state index contributed by atoms with van der Waals surface area (Å²) < 4.78 is 28.1. The summed E-state index contributed by atoms with van der Waals surface area (Å²) in [6.07, 6.45) is 0.691. The molecule has 3 N–H and O–H groups in total. The van der Waals surface area contributed by atoms with Crippen molar-refractivity contribution in [1.82, 2.24) is 4.72 Å². The summed E-state index contributed by atoms with van der Waals surface area (Å²) in [7, 11) is -3.64. The number of hydrogen-bond donors (Lipinski definition) is 3. The Hall–Kier alpha value is -1.26. The van der Waals surface area contributed by atoms with Crippen molar-refractivity contribution in [3.8, 4) is 11.8 Å². The van der Waals surface area contributed by atoms with Gasteiger partial charge in [-0.2, -0.15) is 13.1 Å². The van der Waals surface area contributed by atoms with Gasteiger partial charge >= 0.3 is 0 Å². The van der Waals surface area contributed by atoms with Gasteiger partial charge in [0.15, 0.2) is 0 Å². The van der Waals surface area contributed by atoms with Crippen molar-refractivity contribution < 1.29 is 13.5 Å². The van der Waals surface area contributed by atoms with Crippen molar-refractivity contribution in [2.24, 2.45) is 0 Å². The summed E-state index contributed by atoms with van der Waals surface area (Å²) in [5, 5.41) is 8.89. The summed E-state index contributed by atoms with van der Waals surface area (Å²) in [5.41, 5.74) is 0.807. The second-order valence-electron chi connectivity index (χ2n) is 3.65. The summed E-state index contributed by atoms with van der Waals surface area (Å²) in [6.45, 7) is 1.94. The second-order valence-corrected chi connectivity index (χ2v) is 5.56. The van der Waals surface area contributed by atoms with Crippen LogP contribution in [0.25, 0.3) is 0 Å². The Kier molecular flexibility index (Phi) is 6.12. The third-order valence-electron chi connectivity index (χ3n) is 2.06. The number of aliphatic hydroxyl groups excluding tert-OH is 1. The minimum Gasteiger partial charge on any atom is -0.384 e. The Morgan fingerprint density at radius 1 is 1.42 bits per heavy atom. The highest BCUT2D eigenvalue weighted by molar-refractivity contribution is 7.90. The predicted octanol–water partition coefficient (Wildman–Crippen LogP) is 1.34. The third-order valence-corrected chi connectivity index (χ3v) is 3.47. The minimum absolute atomic E-state index is 0.245. The van der Waals surface area contributed by atoms with Crippen molar-refractivity contribution in [2.45, 2.75) is 13.3 Å². The van der Waals surface area contributed by atoms with Crippen LogP contribution >= 0.6 is 11.6 Å². The molecule has 7 heteroatoms. The van der Waals surface area contributed by atoms with Gasteiger partial charge in [0.1, 0.15) is 6.61 Å². The van der Waals surface area contributed by atoms with E-state index in [2.05, 4.69) is 21.3 Å². The Morgan fingerprint density at radius 3 is 2.79 bits per heavy atom. The van der Waals surface area contributed by atoms with E-state index in [1.54, 1.807) is 12.1 Å². The van der Waals surface area contributed by atoms with Crippen molar-refractivity contribution in [3.63, 3.8) is 0 Å². The molecule has 0 aliphatic rings. The quantitative estimate of drug-likeness (QED) is 0.718. The molecule has 0 atom stereocenters. The average Bonchev–Trinajstić information content (AvgIpc) is 2.37. The molecule has 1 rings (SSSR count). The van der Waals surface area contributed by atoms with Crippen LogP contribution in [0.2, 0.25) is 5.02 Å². The lowest BCUT2D eigenvalue weighted by atomic mass is 10.2. The van der Waals surface area contributed by atoms with Crippen molar-refractivity contribution in [3.05, 3.63) is 28.8 Å². The van der Waals surface area contributed by atoms with Crippen LogP contribution in [0.1, 0.15) is 18.9 Å². The van der Waals surface area contributed by atoms with E-state index in [1.165, 1.54) is 6.07 Å². The average molecular weight is 303 g/mol. The minimum atomic E-state index is -3.64. The van der Waals surface area contributed by atoms with Gasteiger partial charge in [0.2, 0.25) is 0 Å². The second kappa shape index (κ2) is 7.36. The third kappa shape index (κ3) is 5.49. The smallest absolute Gasteiger partial charge is 0.299 e. The normalized spacial score (nSPS) is 10.7. The molecule has 104 valence electrons. The SMILES string of the molecule is CCCNS(=O)(=O)Nc1cc(C#CCO)ccc1Cl. The first-order valence-corrected chi connectivity index (χ1v) is 7.51. The van der Waals surface area contributed by atoms with Gasteiger partial charge in [-0.05, 0) is 24.6 Å². The fourth-order valence-electron chi connectivity index (χ4n) is 1.24. The van der Waals surface area contributed by atoms with E-state index in [4.69, 9.17) is 16.7 Å². The molecule has 0 heterocycles. The monoisotopic (exact) mass is 302 g/mol. The Morgan fingerprint density at radius 2 is 2.16 bits per heavy atom. The highest BCUT2D eigenvalue weighted by Crippen LogP contribution is 2.23. The zero-order valence-corrected chi connectivity index (χ0v) is 12.0. The zero-order valence-electron chi connectivity index (χ0n) is 10.4. The van der Waals surface area contributed by atoms with Crippen LogP contribution in [0.3, 0.4) is 0 Å². The summed E-state index contributed by atoms with van der Waals surface area (Å²) >= 11 is 5.92. The summed E-state index contributed by atoms with van der Waals surface area (Å²) in [4.78, 5) is 0. The summed E-state index contributed by atoms with van der Waals surface area (Å²) in [5.74, 6) is 5.15. The molecular weight excluding hydrogens is 288 g/mol. The van der Waals surface area contributed by atoms with E-state index in [0.29, 0.717) is 18.5 Å². The lowest BCUT2D eigenvalue weighted by molar-refractivity contribution is 0.350. The number of aliphatic hydroxyl groups is 1. The number of benzene rings is 1. The van der Waals surface area contributed by atoms with Crippen molar-refractivity contribution in [2.75, 3.05) is 17.9 Å². The van der Waals surface area contributed by atoms with Gasteiger partial charge in [0, 0.05) is 12.1 Å². The van der Waals surface area contributed by atoms with Crippen LogP contribution in [0.4, 0.5) is 5.69 Å². The molecule has 5 nitrogen and oxygen atoms in total. The van der Waals surface area contributed by atoms with Crippen LogP contribution in [-0.4, -0.2) is 26.7 Å². The number of hydrogen-bond acceptors (Lipinski definition) is 3. The van der Waals surface area contributed by atoms with E-state index in [-0.39, 0.29) is 17.3 Å². The first-order valence-electron chi connectivity index (χ1n) is 5.65. The molecule has 0 aliphatic carbocycles. The van der Waals surface area contributed by atoms with E-state index >= 15 is 0 Å². The molecule has 0 saturated heterocycles. The van der Waals surface area contributed by atoms with Crippen LogP contribution in [0.5, 0.6) is 0 Å². The Balaban J connectivity index is 2.94. The molecule has 0 aromatic heterocycles. The van der Waals surface area contributed by atoms with Crippen LogP contribution in [-0.2, 0) is 10.2 Å². The molecule has 1 aromatic rings. The highest BCUT2D eigenvalue weighted by atomic mass is 35.5. The van der Waals surface area contributed by atoms with E-state index in [1.807, 2.05) is 6.92 Å². The summed E-state index contributed by atoms with van der Waals surface area (Å²) in [6, 6.07) is 4.69. The topological polar surface area (TPSA) is 78.4 Å². The van der Waals surface area contributed by atoms with Crippen molar-refractivity contribution in [1.29, 1.82) is 0 Å². The molecule has 0 aliphatic heterocycles. The van der Waals surface area contributed by atoms with Crippen LogP contribution in [0, 0.1) is 11.8 Å². The van der Waals surface area contributed by atoms with Gasteiger partial charge in [-0.3, -0.25) is 4.72 Å². The van der Waals surface area contributed by atoms with Gasteiger partial charge in [0.05, 0.1) is 10.7 Å². The van der Waals surface area contributed by atoms with Crippen LogP contribution in [0.15, 0.2) is 18.2 Å². The largest absolute Gasteiger partial charge is 0.384 e. The lowest BCUT2D eigenvalue weighted by Crippen LogP contribution is -2.30. The van der Waals surface area contributed by atoms with Crippen molar-refractivity contribution >= 4 is 27.5 Å². The first kappa shape index (κ1) is 15.8. The molecule has 0 fully saturated rings. The maximum Gasteiger partial charge on any atom is 0.299 e. The van der Waals surface area contributed by atoms with E-state index in [0.717, 1.165) is 0 Å². The maximum absolute atomic E-state index is 11.7. The Labute approximate surface area is 118 Å². The molecule has 0 amide bonds. The molecule has 0 bridgehead atoms. The standard InChI is InChI=1S/C12H15ClN2O3S/c1-2-7-14-19(17,18)15-12-9-10(4-3-8-16)5-6-11(12)13/h5-6,9,14-16H,2,7-8H2,1H3. The van der Waals surface area contributed by atoms with Gasteiger partial charge in [-0.15, -0.1) is 0 Å². The number of anilines is 1. The molecule has 0 spiro atoms. The van der Waals surface area contributed by atoms with Gasteiger partial charge in [-0.25, -0.2) is 0 Å². The first-order chi connectivity index (χ1) is 8.98. The van der Waals surface area contributed by atoms with Gasteiger partial charge < -0.3 is 5.11 Å². The number of rotatable bonds is 5. The van der Waals surface area contributed by atoms with E-state index in [9.17, 15) is 8.42 Å². The molecule has 1 aromatic carbocycles. The molecule has 0 radical (unpaired) electrons. The lowest BCUT2D eigenvalue weighted by Gasteiger charge is -2.10. The predicted molar refractivity (Wildman–Crippen MR) is 76.3 cm³/mol. The highest BCUT2D eigenvalue weighted by Gasteiger charge is 2.11. The van der Waals surface area contributed by atoms with Gasteiger partial charge in [0.25, 0.3) is 10.2 Å². The molecule has 19 heavy (non-hydrogen) atoms. The number of nitrogens with one attached hydrogen (secondary N) is 2. The zero-order chi connectivity index (χ0) is 14.3. The number of halogens is 1. The van der Waals surface area contributed by atoms with E-state index < -0.39 is 10.2 Å². The Bertz CT molecular complexity index is 591. The maximum atomic E-state index is 11.7. The molecule has 0 unspecified atom stereocenters. The molecule has 0 saturated carbocycles. The van der Waals surface area contributed by atoms with Crippen LogP contribution < -0.4 is 9.44 Å². The van der Waals surface area contributed by atoms with Gasteiger partial charge in [-0.1, -0.05) is 30.4 Å². The molecular formula is C12H15ClN2O3S. The fraction of sp³-hybridized carbons (Fsp3) is 0.333. The fourth-order valence-corrected chi connectivity index (χ4v) is 2.46.